The number of H-pyrrole nitrogens is 1. The lowest BCUT2D eigenvalue weighted by Crippen LogP contribution is -2.43. The number of ether oxygens (including phenoxy) is 1. The zero-order valence-corrected chi connectivity index (χ0v) is 31.8. The van der Waals surface area contributed by atoms with E-state index >= 15 is 4.79 Å². The molecule has 3 aliphatic heterocycles. The Morgan fingerprint density at radius 2 is 1.85 bits per heavy atom. The molecule has 53 heavy (non-hydrogen) atoms. The van der Waals surface area contributed by atoms with Gasteiger partial charge in [0, 0.05) is 53.5 Å². The average molecular weight is 737 g/mol. The molecule has 0 spiro atoms. The molecule has 2 fully saturated rings. The number of amidine groups is 1. The summed E-state index contributed by atoms with van der Waals surface area (Å²) in [6.07, 6.45) is 6.59. The lowest BCUT2D eigenvalue weighted by atomic mass is 9.83. The van der Waals surface area contributed by atoms with Crippen LogP contribution in [-0.2, 0) is 21.5 Å². The van der Waals surface area contributed by atoms with Gasteiger partial charge in [-0.25, -0.2) is 19.9 Å². The van der Waals surface area contributed by atoms with Gasteiger partial charge in [-0.2, -0.15) is 5.10 Å². The predicted octanol–water partition coefficient (Wildman–Crippen LogP) is 6.63. The van der Waals surface area contributed by atoms with Gasteiger partial charge in [0.1, 0.15) is 22.9 Å². The van der Waals surface area contributed by atoms with E-state index in [1.807, 2.05) is 42.5 Å². The van der Waals surface area contributed by atoms with Gasteiger partial charge in [0.25, 0.3) is 5.91 Å². The van der Waals surface area contributed by atoms with Crippen LogP contribution < -0.4 is 11.2 Å². The molecule has 5 aromatic rings. The monoisotopic (exact) mass is 736 g/mol. The van der Waals surface area contributed by atoms with Crippen molar-refractivity contribution >= 4 is 34.2 Å². The summed E-state index contributed by atoms with van der Waals surface area (Å²) in [5.74, 6) is 1.88. The second kappa shape index (κ2) is 12.2. The highest BCUT2D eigenvalue weighted by Gasteiger charge is 2.60. The zero-order chi connectivity index (χ0) is 37.0. The normalized spacial score (nSPS) is 25.0. The molecule has 1 aliphatic carbocycles. The minimum absolute atomic E-state index is 0.0793. The number of rotatable bonds is 6. The lowest BCUT2D eigenvalue weighted by molar-refractivity contribution is -0.0592. The Hall–Kier alpha value is -4.65. The molecular formula is C40H45ClN8O4. The summed E-state index contributed by atoms with van der Waals surface area (Å²) in [5.41, 5.74) is 9.27. The molecule has 9 rings (SSSR count). The van der Waals surface area contributed by atoms with Gasteiger partial charge >= 0.3 is 5.69 Å². The summed E-state index contributed by atoms with van der Waals surface area (Å²) in [5, 5.41) is 6.81. The Kier molecular flexibility index (Phi) is 7.85. The molecule has 2 N–H and O–H groups in total. The predicted molar refractivity (Wildman–Crippen MR) is 203 cm³/mol. The van der Waals surface area contributed by atoms with Crippen LogP contribution in [0.5, 0.6) is 0 Å². The van der Waals surface area contributed by atoms with Crippen LogP contribution in [0.4, 0.5) is 0 Å². The van der Waals surface area contributed by atoms with Gasteiger partial charge in [0.05, 0.1) is 23.0 Å². The number of halogens is 1. The van der Waals surface area contributed by atoms with Crippen molar-refractivity contribution < 1.29 is 14.4 Å². The highest BCUT2D eigenvalue weighted by molar-refractivity contribution is 6.32. The van der Waals surface area contributed by atoms with E-state index in [4.69, 9.17) is 31.3 Å². The fraction of sp³-hybridized carbons (Fsp3) is 0.450. The second-order valence-electron chi connectivity index (χ2n) is 15.9. The molecule has 4 aliphatic rings. The number of aliphatic imine (C=N–C) groups is 1. The van der Waals surface area contributed by atoms with Gasteiger partial charge in [-0.05, 0) is 113 Å². The number of hydrogen-bond donors (Lipinski definition) is 2. The van der Waals surface area contributed by atoms with E-state index < -0.39 is 11.6 Å². The van der Waals surface area contributed by atoms with Crippen molar-refractivity contribution in [2.24, 2.45) is 10.9 Å². The van der Waals surface area contributed by atoms with Gasteiger partial charge in [-0.1, -0.05) is 24.6 Å². The minimum Gasteiger partial charge on any atom is -0.376 e. The smallest absolute Gasteiger partial charge is 0.331 e. The summed E-state index contributed by atoms with van der Waals surface area (Å²) < 4.78 is 11.7. The van der Waals surface area contributed by atoms with E-state index in [9.17, 15) is 4.79 Å². The molecule has 0 radical (unpaired) electrons. The summed E-state index contributed by atoms with van der Waals surface area (Å²) >= 11 is 6.57. The number of carbonyl (C=O) groups is 1. The number of hydroxylamine groups is 1. The van der Waals surface area contributed by atoms with Gasteiger partial charge < -0.3 is 19.2 Å². The molecule has 0 bridgehead atoms. The quantitative estimate of drug-likeness (QED) is 0.202. The summed E-state index contributed by atoms with van der Waals surface area (Å²) in [6, 6.07) is 12.3. The largest absolute Gasteiger partial charge is 0.376 e. The Morgan fingerprint density at radius 1 is 1.08 bits per heavy atom. The van der Waals surface area contributed by atoms with Crippen molar-refractivity contribution in [3.8, 4) is 11.5 Å². The van der Waals surface area contributed by atoms with Crippen LogP contribution in [0.25, 0.3) is 22.4 Å². The van der Waals surface area contributed by atoms with Crippen LogP contribution in [0.2, 0.25) is 5.02 Å². The fourth-order valence-corrected chi connectivity index (χ4v) is 9.33. The molecule has 1 saturated heterocycles. The van der Waals surface area contributed by atoms with Crippen LogP contribution in [0, 0.1) is 19.8 Å². The van der Waals surface area contributed by atoms with E-state index in [2.05, 4.69) is 60.1 Å². The molecule has 1 saturated carbocycles. The molecule has 0 unspecified atom stereocenters. The lowest BCUT2D eigenvalue weighted by Gasteiger charge is -2.35. The van der Waals surface area contributed by atoms with E-state index in [1.54, 1.807) is 17.0 Å². The van der Waals surface area contributed by atoms with Crippen LogP contribution >= 0.6 is 11.6 Å². The van der Waals surface area contributed by atoms with Crippen molar-refractivity contribution in [1.29, 1.82) is 0 Å². The number of carbonyl (C=O) groups excluding carboxylic acids is 1. The van der Waals surface area contributed by atoms with Crippen LogP contribution in [0.15, 0.2) is 58.6 Å². The Morgan fingerprint density at radius 3 is 2.51 bits per heavy atom. The molecule has 276 valence electrons. The number of fused-ring (bicyclic) bond motifs is 2. The first-order chi connectivity index (χ1) is 25.4. The number of imidazole rings is 1. The first-order valence-electron chi connectivity index (χ1n) is 18.6. The number of aromatic amines is 1. The number of nitrogens with one attached hydrogen (secondary N) is 2. The number of nitrogens with zero attached hydrogens (tertiary/aromatic N) is 6. The number of amides is 1. The molecular weight excluding hydrogens is 692 g/mol. The van der Waals surface area contributed by atoms with Crippen molar-refractivity contribution in [1.82, 2.24) is 34.3 Å². The van der Waals surface area contributed by atoms with Crippen molar-refractivity contribution in [3.05, 3.63) is 97.9 Å². The molecule has 13 heteroatoms. The van der Waals surface area contributed by atoms with Crippen molar-refractivity contribution in [2.45, 2.75) is 90.3 Å². The minimum atomic E-state index is -0.533. The van der Waals surface area contributed by atoms with E-state index in [1.165, 1.54) is 5.56 Å². The third-order valence-corrected chi connectivity index (χ3v) is 12.6. The Labute approximate surface area is 312 Å². The third kappa shape index (κ3) is 5.32. The maximum Gasteiger partial charge on any atom is 0.331 e. The standard InChI is InChI=1S/C40H45ClN8O4/c1-22-15-29(16-23(2)34(22)41)49-35(47-13-11-42-38(47)51)33-25(4)46(12-9-30(33)44-49)36(50)32-18-28-17-26(27-10-14-52-39(5,6)20-27)7-8-31(28)48(32)40(19-24(40)3)37-43-21-53-45-37/h7-8,11,13,15-18,24-25,27H,9-10,12,14,19-21H2,1-6H3,(H,42,51)(H,43,45)/t24-,25-,27-,40-/m0/s1. The van der Waals surface area contributed by atoms with E-state index in [-0.39, 0.29) is 29.8 Å². The molecule has 6 heterocycles. The maximum absolute atomic E-state index is 15.2. The SMILES string of the molecule is Cc1cc(-n2nc3c(c2-n2cc[nH]c2=O)[C@H](C)N(C(=O)c2cc4cc([C@H]5CCOC(C)(C)C5)ccc4n2[C@@]2(C4=NCON4)C[C@@H]2C)CC3)cc(C)c1Cl. The van der Waals surface area contributed by atoms with E-state index in [0.717, 1.165) is 70.7 Å². The average Bonchev–Trinajstić information content (AvgIpc) is 3.72. The zero-order valence-electron chi connectivity index (χ0n) is 31.0. The molecule has 4 atom stereocenters. The maximum atomic E-state index is 15.2. The number of aryl methyl sites for hydroxylation is 2. The first-order valence-corrected chi connectivity index (χ1v) is 18.9. The van der Waals surface area contributed by atoms with Crippen molar-refractivity contribution in [3.63, 3.8) is 0 Å². The topological polar surface area (TPSA) is 124 Å². The molecule has 12 nitrogen and oxygen atoms in total. The fourth-order valence-electron chi connectivity index (χ4n) is 9.22. The number of aromatic nitrogens is 5. The summed E-state index contributed by atoms with van der Waals surface area (Å²) in [4.78, 5) is 43.4. The van der Waals surface area contributed by atoms with Crippen LogP contribution in [0.1, 0.15) is 97.4 Å². The Bertz CT molecular complexity index is 2380. The van der Waals surface area contributed by atoms with Gasteiger partial charge in [-0.15, -0.1) is 0 Å². The van der Waals surface area contributed by atoms with Crippen molar-refractivity contribution in [2.75, 3.05) is 19.9 Å². The first kappa shape index (κ1) is 34.1. The second-order valence-corrected chi connectivity index (χ2v) is 16.3. The molecule has 2 aromatic carbocycles. The molecule has 1 amide bonds. The molecule has 3 aromatic heterocycles. The Balaban J connectivity index is 1.17. The highest BCUT2D eigenvalue weighted by Crippen LogP contribution is 2.54. The van der Waals surface area contributed by atoms with Gasteiger partial charge in [0.15, 0.2) is 6.73 Å². The van der Waals surface area contributed by atoms with Gasteiger partial charge in [0.2, 0.25) is 0 Å². The van der Waals surface area contributed by atoms with Crippen LogP contribution in [-0.4, -0.2) is 66.0 Å². The number of benzene rings is 2. The van der Waals surface area contributed by atoms with Gasteiger partial charge in [-0.3, -0.25) is 14.2 Å². The highest BCUT2D eigenvalue weighted by atomic mass is 35.5. The summed E-state index contributed by atoms with van der Waals surface area (Å²) in [6.45, 7) is 13.9. The van der Waals surface area contributed by atoms with Crippen LogP contribution in [0.3, 0.4) is 0 Å². The third-order valence-electron chi connectivity index (χ3n) is 12.0. The summed E-state index contributed by atoms with van der Waals surface area (Å²) in [7, 11) is 0. The van der Waals surface area contributed by atoms with E-state index in [0.29, 0.717) is 35.4 Å². The number of hydrogen-bond acceptors (Lipinski definition) is 7.